The molecule has 1 aromatic rings. The van der Waals surface area contributed by atoms with Crippen molar-refractivity contribution in [1.29, 1.82) is 0 Å². The van der Waals surface area contributed by atoms with Gasteiger partial charge in [0.25, 0.3) is 5.91 Å². The van der Waals surface area contributed by atoms with Crippen LogP contribution in [0.15, 0.2) is 22.8 Å². The number of rotatable bonds is 2. The lowest BCUT2D eigenvalue weighted by molar-refractivity contribution is -0.128. The number of piperazine rings is 1. The fourth-order valence-electron chi connectivity index (χ4n) is 3.21. The van der Waals surface area contributed by atoms with Crippen LogP contribution in [0.25, 0.3) is 0 Å². The number of furan rings is 1. The summed E-state index contributed by atoms with van der Waals surface area (Å²) >= 11 is 0. The highest BCUT2D eigenvalue weighted by molar-refractivity contribution is 5.91. The number of hydrogen-bond acceptors (Lipinski definition) is 4. The Morgan fingerprint density at radius 3 is 3.10 bits per heavy atom. The van der Waals surface area contributed by atoms with Gasteiger partial charge in [-0.1, -0.05) is 6.92 Å². The molecular weight excluding hydrogens is 258 g/mol. The Morgan fingerprint density at radius 1 is 1.55 bits per heavy atom. The van der Waals surface area contributed by atoms with Crippen LogP contribution in [0.3, 0.4) is 0 Å². The van der Waals surface area contributed by atoms with Crippen molar-refractivity contribution in [2.45, 2.75) is 18.9 Å². The number of carbonyl (C=O) groups is 2. The topological polar surface area (TPSA) is 65.8 Å². The summed E-state index contributed by atoms with van der Waals surface area (Å²) in [5.41, 5.74) is -0.120. The average molecular weight is 277 g/mol. The lowest BCUT2D eigenvalue weighted by Crippen LogP contribution is -2.64. The number of nitrogens with zero attached hydrogens (tertiary/aromatic N) is 2. The van der Waals surface area contributed by atoms with E-state index >= 15 is 0 Å². The minimum Gasteiger partial charge on any atom is -0.459 e. The van der Waals surface area contributed by atoms with Gasteiger partial charge in [0.05, 0.1) is 18.3 Å². The van der Waals surface area contributed by atoms with Gasteiger partial charge in [0, 0.05) is 19.6 Å². The Kier molecular flexibility index (Phi) is 3.25. The molecule has 108 valence electrons. The summed E-state index contributed by atoms with van der Waals surface area (Å²) in [7, 11) is 0. The summed E-state index contributed by atoms with van der Waals surface area (Å²) in [6.07, 6.45) is 2.39. The van der Waals surface area contributed by atoms with Gasteiger partial charge >= 0.3 is 0 Å². The van der Waals surface area contributed by atoms with E-state index in [1.807, 2.05) is 4.90 Å². The predicted molar refractivity (Wildman–Crippen MR) is 72.2 cm³/mol. The predicted octanol–water partition coefficient (Wildman–Crippen LogP) is 0.316. The van der Waals surface area contributed by atoms with Crippen molar-refractivity contribution < 1.29 is 14.0 Å². The Hall–Kier alpha value is -1.82. The van der Waals surface area contributed by atoms with E-state index in [9.17, 15) is 9.59 Å². The maximum atomic E-state index is 12.3. The molecule has 0 saturated carbocycles. The quantitative estimate of drug-likeness (QED) is 0.845. The zero-order valence-corrected chi connectivity index (χ0v) is 11.6. The van der Waals surface area contributed by atoms with Crippen molar-refractivity contribution in [3.63, 3.8) is 0 Å². The molecule has 0 bridgehead atoms. The van der Waals surface area contributed by atoms with Gasteiger partial charge in [-0.05, 0) is 25.1 Å². The maximum Gasteiger partial charge on any atom is 0.289 e. The van der Waals surface area contributed by atoms with Gasteiger partial charge in [-0.2, -0.15) is 0 Å². The summed E-state index contributed by atoms with van der Waals surface area (Å²) in [4.78, 5) is 27.8. The van der Waals surface area contributed by atoms with Gasteiger partial charge in [0.2, 0.25) is 5.91 Å². The van der Waals surface area contributed by atoms with Gasteiger partial charge in [0.15, 0.2) is 5.76 Å². The zero-order valence-electron chi connectivity index (χ0n) is 11.6. The SMILES string of the molecule is CCN1CC(=O)NC[C@@]12CCN(C(=O)c1ccco1)C2. The molecule has 2 amide bonds. The second kappa shape index (κ2) is 4.94. The Labute approximate surface area is 117 Å². The van der Waals surface area contributed by atoms with E-state index in [0.717, 1.165) is 13.0 Å². The summed E-state index contributed by atoms with van der Waals surface area (Å²) in [6, 6.07) is 3.41. The van der Waals surface area contributed by atoms with Crippen LogP contribution in [0.1, 0.15) is 23.9 Å². The zero-order chi connectivity index (χ0) is 14.2. The smallest absolute Gasteiger partial charge is 0.289 e. The van der Waals surface area contributed by atoms with E-state index in [1.54, 1.807) is 12.1 Å². The normalized spacial score (nSPS) is 27.1. The summed E-state index contributed by atoms with van der Waals surface area (Å²) < 4.78 is 5.18. The largest absolute Gasteiger partial charge is 0.459 e. The first kappa shape index (κ1) is 13.2. The van der Waals surface area contributed by atoms with Crippen molar-refractivity contribution in [2.24, 2.45) is 0 Å². The summed E-state index contributed by atoms with van der Waals surface area (Å²) in [5.74, 6) is 0.373. The molecule has 3 heterocycles. The third kappa shape index (κ3) is 2.10. The molecule has 1 N–H and O–H groups in total. The number of carbonyl (C=O) groups excluding carboxylic acids is 2. The number of amides is 2. The van der Waals surface area contributed by atoms with E-state index < -0.39 is 0 Å². The van der Waals surface area contributed by atoms with Crippen molar-refractivity contribution in [2.75, 3.05) is 32.7 Å². The third-order valence-corrected chi connectivity index (χ3v) is 4.35. The molecule has 2 aliphatic heterocycles. The van der Waals surface area contributed by atoms with Crippen LogP contribution in [0, 0.1) is 0 Å². The Morgan fingerprint density at radius 2 is 2.40 bits per heavy atom. The molecule has 0 unspecified atom stereocenters. The number of hydrogen-bond donors (Lipinski definition) is 1. The molecular formula is C14H19N3O3. The van der Waals surface area contributed by atoms with Crippen LogP contribution in [0.2, 0.25) is 0 Å². The summed E-state index contributed by atoms with van der Waals surface area (Å²) in [5, 5.41) is 2.93. The molecule has 1 spiro atoms. The van der Waals surface area contributed by atoms with E-state index in [2.05, 4.69) is 17.1 Å². The molecule has 0 aromatic carbocycles. The molecule has 0 aliphatic carbocycles. The van der Waals surface area contributed by atoms with Gasteiger partial charge in [0.1, 0.15) is 0 Å². The third-order valence-electron chi connectivity index (χ3n) is 4.35. The number of likely N-dealkylation sites (N-methyl/N-ethyl adjacent to an activating group) is 1. The fraction of sp³-hybridized carbons (Fsp3) is 0.571. The second-order valence-corrected chi connectivity index (χ2v) is 5.47. The number of likely N-dealkylation sites (tertiary alicyclic amines) is 1. The molecule has 3 rings (SSSR count). The van der Waals surface area contributed by atoms with Gasteiger partial charge < -0.3 is 14.6 Å². The van der Waals surface area contributed by atoms with E-state index in [4.69, 9.17) is 4.42 Å². The maximum absolute atomic E-state index is 12.3. The van der Waals surface area contributed by atoms with Crippen LogP contribution in [-0.2, 0) is 4.79 Å². The lowest BCUT2D eigenvalue weighted by Gasteiger charge is -2.43. The highest BCUT2D eigenvalue weighted by Crippen LogP contribution is 2.30. The minimum absolute atomic E-state index is 0.0632. The molecule has 20 heavy (non-hydrogen) atoms. The first-order chi connectivity index (χ1) is 9.64. The Bertz CT molecular complexity index is 514. The second-order valence-electron chi connectivity index (χ2n) is 5.47. The lowest BCUT2D eigenvalue weighted by atomic mass is 9.93. The Balaban J connectivity index is 1.75. The van der Waals surface area contributed by atoms with E-state index in [1.165, 1.54) is 6.26 Å². The van der Waals surface area contributed by atoms with Gasteiger partial charge in [-0.15, -0.1) is 0 Å². The average Bonchev–Trinajstić information content (AvgIpc) is 3.11. The van der Waals surface area contributed by atoms with Crippen molar-refractivity contribution in [3.05, 3.63) is 24.2 Å². The fourth-order valence-corrected chi connectivity index (χ4v) is 3.21. The first-order valence-corrected chi connectivity index (χ1v) is 6.99. The van der Waals surface area contributed by atoms with Crippen LogP contribution in [0.4, 0.5) is 0 Å². The number of nitrogens with one attached hydrogen (secondary N) is 1. The van der Waals surface area contributed by atoms with Crippen LogP contribution in [-0.4, -0.2) is 59.9 Å². The molecule has 1 aromatic heterocycles. The van der Waals surface area contributed by atoms with Crippen LogP contribution < -0.4 is 5.32 Å². The summed E-state index contributed by atoms with van der Waals surface area (Å²) in [6.45, 7) is 5.24. The van der Waals surface area contributed by atoms with Crippen molar-refractivity contribution >= 4 is 11.8 Å². The molecule has 0 radical (unpaired) electrons. The van der Waals surface area contributed by atoms with E-state index in [0.29, 0.717) is 31.9 Å². The molecule has 6 nitrogen and oxygen atoms in total. The molecule has 1 atom stereocenters. The van der Waals surface area contributed by atoms with Crippen molar-refractivity contribution in [1.82, 2.24) is 15.1 Å². The standard InChI is InChI=1S/C14H19N3O3/c1-2-17-8-12(18)15-9-14(17)5-6-16(10-14)13(19)11-4-3-7-20-11/h3-4,7H,2,5-6,8-10H2,1H3,(H,15,18)/t14-/m1/s1. The highest BCUT2D eigenvalue weighted by atomic mass is 16.3. The minimum atomic E-state index is -0.120. The van der Waals surface area contributed by atoms with E-state index in [-0.39, 0.29) is 17.4 Å². The van der Waals surface area contributed by atoms with Gasteiger partial charge in [-0.3, -0.25) is 14.5 Å². The highest BCUT2D eigenvalue weighted by Gasteiger charge is 2.47. The van der Waals surface area contributed by atoms with Crippen molar-refractivity contribution in [3.8, 4) is 0 Å². The molecule has 2 aliphatic rings. The first-order valence-electron chi connectivity index (χ1n) is 6.99. The molecule has 6 heteroatoms. The molecule has 2 fully saturated rings. The van der Waals surface area contributed by atoms with Crippen LogP contribution >= 0.6 is 0 Å². The molecule has 2 saturated heterocycles. The monoisotopic (exact) mass is 277 g/mol. The van der Waals surface area contributed by atoms with Crippen LogP contribution in [0.5, 0.6) is 0 Å². The van der Waals surface area contributed by atoms with Gasteiger partial charge in [-0.25, -0.2) is 0 Å².